The summed E-state index contributed by atoms with van der Waals surface area (Å²) in [6.45, 7) is 7.92. The van der Waals surface area contributed by atoms with Crippen LogP contribution in [-0.4, -0.2) is 18.8 Å². The van der Waals surface area contributed by atoms with Crippen LogP contribution in [0.4, 0.5) is 10.1 Å². The van der Waals surface area contributed by atoms with Gasteiger partial charge in [0.15, 0.2) is 0 Å². The van der Waals surface area contributed by atoms with Gasteiger partial charge in [0, 0.05) is 34.8 Å². The van der Waals surface area contributed by atoms with Crippen molar-refractivity contribution in [3.8, 4) is 0 Å². The molecular weight excluding hydrogens is 363 g/mol. The van der Waals surface area contributed by atoms with Gasteiger partial charge in [-0.25, -0.2) is 4.39 Å². The van der Waals surface area contributed by atoms with Crippen molar-refractivity contribution in [2.75, 3.05) is 18.8 Å². The first-order valence-corrected chi connectivity index (χ1v) is 9.79. The van der Waals surface area contributed by atoms with Crippen LogP contribution < -0.4 is 16.4 Å². The molecule has 4 nitrogen and oxygen atoms in total. The highest BCUT2D eigenvalue weighted by atomic mass is 19.1. The molecule has 0 bridgehead atoms. The minimum absolute atomic E-state index is 0.281. The van der Waals surface area contributed by atoms with E-state index < -0.39 is 0 Å². The number of rotatable bonds is 8. The zero-order valence-corrected chi connectivity index (χ0v) is 16.7. The number of hydrogen-bond acceptors (Lipinski definition) is 4. The highest BCUT2D eigenvalue weighted by Gasteiger charge is 2.15. The predicted molar refractivity (Wildman–Crippen MR) is 120 cm³/mol. The van der Waals surface area contributed by atoms with Gasteiger partial charge in [-0.2, -0.15) is 0 Å². The third-order valence-electron chi connectivity index (χ3n) is 4.98. The molecule has 0 aromatic heterocycles. The molecule has 2 aromatic rings. The largest absolute Gasteiger partial charge is 0.398 e. The van der Waals surface area contributed by atoms with E-state index in [1.165, 1.54) is 17.8 Å². The van der Waals surface area contributed by atoms with Crippen LogP contribution in [0.15, 0.2) is 60.8 Å². The van der Waals surface area contributed by atoms with Crippen LogP contribution in [0, 0.1) is 11.2 Å². The topological polar surface area (TPSA) is 73.9 Å². The van der Waals surface area contributed by atoms with Crippen LogP contribution in [0.1, 0.15) is 35.6 Å². The number of nitrogens with two attached hydrogens (primary N) is 1. The minimum Gasteiger partial charge on any atom is -0.398 e. The van der Waals surface area contributed by atoms with Crippen molar-refractivity contribution < 1.29 is 4.39 Å². The Kier molecular flexibility index (Phi) is 6.50. The Morgan fingerprint density at radius 1 is 1.28 bits per heavy atom. The summed E-state index contributed by atoms with van der Waals surface area (Å²) in [4.78, 5) is 0. The molecule has 150 valence electrons. The van der Waals surface area contributed by atoms with Gasteiger partial charge in [0.2, 0.25) is 0 Å². The van der Waals surface area contributed by atoms with Crippen molar-refractivity contribution in [1.82, 2.24) is 10.6 Å². The fourth-order valence-electron chi connectivity index (χ4n) is 3.45. The van der Waals surface area contributed by atoms with Crippen molar-refractivity contribution in [2.45, 2.75) is 19.8 Å². The number of halogens is 1. The molecule has 0 aliphatic carbocycles. The maximum absolute atomic E-state index is 13.1. The third-order valence-corrected chi connectivity index (χ3v) is 4.98. The second-order valence-corrected chi connectivity index (χ2v) is 6.98. The predicted octanol–water partition coefficient (Wildman–Crippen LogP) is 4.49. The summed E-state index contributed by atoms with van der Waals surface area (Å²) in [6.07, 6.45) is 7.45. The van der Waals surface area contributed by atoms with Gasteiger partial charge in [0.25, 0.3) is 0 Å². The lowest BCUT2D eigenvalue weighted by Gasteiger charge is -2.18. The molecule has 29 heavy (non-hydrogen) atoms. The third kappa shape index (κ3) is 4.93. The van der Waals surface area contributed by atoms with Gasteiger partial charge in [-0.15, -0.1) is 0 Å². The van der Waals surface area contributed by atoms with E-state index in [4.69, 9.17) is 11.1 Å². The lowest BCUT2D eigenvalue weighted by molar-refractivity contribution is 0.628. The van der Waals surface area contributed by atoms with E-state index in [-0.39, 0.29) is 5.82 Å². The molecular formula is C24H27FN4. The first-order valence-electron chi connectivity index (χ1n) is 9.79. The van der Waals surface area contributed by atoms with E-state index in [9.17, 15) is 4.39 Å². The molecule has 2 aromatic carbocycles. The highest BCUT2D eigenvalue weighted by molar-refractivity contribution is 6.13. The Balaban J connectivity index is 1.83. The average Bonchev–Trinajstić information content (AvgIpc) is 3.24. The van der Waals surface area contributed by atoms with E-state index in [0.29, 0.717) is 23.5 Å². The summed E-state index contributed by atoms with van der Waals surface area (Å²) < 4.78 is 13.1. The fourth-order valence-corrected chi connectivity index (χ4v) is 3.45. The first kappa shape index (κ1) is 20.4. The molecule has 5 heteroatoms. The number of hydrogen-bond donors (Lipinski definition) is 4. The van der Waals surface area contributed by atoms with E-state index in [1.807, 2.05) is 19.1 Å². The highest BCUT2D eigenvalue weighted by Crippen LogP contribution is 2.27. The molecule has 0 saturated heterocycles. The molecule has 1 aliphatic rings. The smallest absolute Gasteiger partial charge is 0.123 e. The molecule has 0 atom stereocenters. The summed E-state index contributed by atoms with van der Waals surface area (Å²) in [5, 5.41) is 15.3. The standard InChI is InChI=1S/C24H27FN4/c1-3-20-21(16(2)29-15-19-5-4-14-28-19)11-13-23(27)24(20)22(26)12-8-17-6-9-18(25)10-7-17/h5-13,26,28-29H,2-4,14-15,27H2,1H3/b12-8+,26-22?. The summed E-state index contributed by atoms with van der Waals surface area (Å²) >= 11 is 0. The van der Waals surface area contributed by atoms with Gasteiger partial charge in [0.1, 0.15) is 5.82 Å². The van der Waals surface area contributed by atoms with Crippen molar-refractivity contribution in [3.63, 3.8) is 0 Å². The Morgan fingerprint density at radius 2 is 2.03 bits per heavy atom. The van der Waals surface area contributed by atoms with Gasteiger partial charge in [-0.3, -0.25) is 0 Å². The van der Waals surface area contributed by atoms with Gasteiger partial charge in [-0.05, 0) is 48.2 Å². The maximum atomic E-state index is 13.1. The van der Waals surface area contributed by atoms with Crippen LogP contribution in [0.5, 0.6) is 0 Å². The fraction of sp³-hybridized carbons (Fsp3) is 0.208. The summed E-state index contributed by atoms with van der Waals surface area (Å²) in [5.74, 6) is -0.281. The average molecular weight is 391 g/mol. The lowest BCUT2D eigenvalue weighted by Crippen LogP contribution is -2.22. The Morgan fingerprint density at radius 3 is 2.69 bits per heavy atom. The van der Waals surface area contributed by atoms with E-state index in [1.54, 1.807) is 24.3 Å². The van der Waals surface area contributed by atoms with Crippen LogP contribution >= 0.6 is 0 Å². The van der Waals surface area contributed by atoms with E-state index in [0.717, 1.165) is 41.8 Å². The van der Waals surface area contributed by atoms with Crippen molar-refractivity contribution >= 4 is 23.2 Å². The van der Waals surface area contributed by atoms with Crippen LogP contribution in [0.25, 0.3) is 11.8 Å². The molecule has 0 fully saturated rings. The molecule has 0 unspecified atom stereocenters. The lowest BCUT2D eigenvalue weighted by atomic mass is 9.92. The Labute approximate surface area is 171 Å². The number of anilines is 1. The van der Waals surface area contributed by atoms with E-state index >= 15 is 0 Å². The molecule has 0 saturated carbocycles. The summed E-state index contributed by atoms with van der Waals surface area (Å²) in [7, 11) is 0. The van der Waals surface area contributed by atoms with Gasteiger partial charge in [-0.1, -0.05) is 43.9 Å². The van der Waals surface area contributed by atoms with Crippen LogP contribution in [0.3, 0.4) is 0 Å². The van der Waals surface area contributed by atoms with Crippen LogP contribution in [-0.2, 0) is 6.42 Å². The quantitative estimate of drug-likeness (QED) is 0.396. The maximum Gasteiger partial charge on any atom is 0.123 e. The molecule has 0 spiro atoms. The molecule has 1 heterocycles. The zero-order valence-electron chi connectivity index (χ0n) is 16.7. The number of allylic oxidation sites excluding steroid dienone is 1. The monoisotopic (exact) mass is 390 g/mol. The normalized spacial score (nSPS) is 13.2. The van der Waals surface area contributed by atoms with Crippen LogP contribution in [0.2, 0.25) is 0 Å². The number of benzene rings is 2. The Bertz CT molecular complexity index is 971. The second-order valence-electron chi connectivity index (χ2n) is 6.98. The van der Waals surface area contributed by atoms with E-state index in [2.05, 4.69) is 23.3 Å². The first-order chi connectivity index (χ1) is 14.0. The molecule has 1 aliphatic heterocycles. The van der Waals surface area contributed by atoms with Gasteiger partial charge < -0.3 is 21.8 Å². The summed E-state index contributed by atoms with van der Waals surface area (Å²) in [6, 6.07) is 9.94. The zero-order chi connectivity index (χ0) is 20.8. The SMILES string of the molecule is C=C(NCC1=CCCN1)c1ccc(N)c(C(=N)/C=C/c2ccc(F)cc2)c1CC. The molecule has 0 radical (unpaired) electrons. The molecule has 0 amide bonds. The van der Waals surface area contributed by atoms with Crippen molar-refractivity contribution in [2.24, 2.45) is 0 Å². The number of nitrogens with one attached hydrogen (secondary N) is 3. The van der Waals surface area contributed by atoms with Crippen molar-refractivity contribution in [1.29, 1.82) is 5.41 Å². The van der Waals surface area contributed by atoms with Gasteiger partial charge in [0.05, 0.1) is 12.3 Å². The van der Waals surface area contributed by atoms with Crippen molar-refractivity contribution in [3.05, 3.63) is 88.9 Å². The summed E-state index contributed by atoms with van der Waals surface area (Å²) in [5.41, 5.74) is 12.6. The molecule has 5 N–H and O–H groups in total. The van der Waals surface area contributed by atoms with Gasteiger partial charge >= 0.3 is 0 Å². The minimum atomic E-state index is -0.281. The molecule has 3 rings (SSSR count). The number of nitrogen functional groups attached to an aromatic ring is 1. The Hall–Kier alpha value is -3.34. The second kappa shape index (κ2) is 9.24.